The van der Waals surface area contributed by atoms with Crippen molar-refractivity contribution in [3.05, 3.63) is 18.4 Å². The van der Waals surface area contributed by atoms with Crippen molar-refractivity contribution in [2.45, 2.75) is 32.2 Å². The molecule has 0 saturated heterocycles. The van der Waals surface area contributed by atoms with Gasteiger partial charge in [-0.2, -0.15) is 4.98 Å². The Hall–Kier alpha value is -1.69. The molecule has 0 radical (unpaired) electrons. The van der Waals surface area contributed by atoms with E-state index < -0.39 is 0 Å². The minimum absolute atomic E-state index is 0.189. The molecule has 2 aromatic heterocycles. The number of hydrogen-bond donors (Lipinski definition) is 1. The van der Waals surface area contributed by atoms with Gasteiger partial charge in [0, 0.05) is 13.1 Å². The van der Waals surface area contributed by atoms with Crippen LogP contribution in [0.5, 0.6) is 0 Å². The molecule has 0 spiro atoms. The molecular weight excluding hydrogens is 230 g/mol. The standard InChI is InChI=1S/C12H19N5O/c1-5-9(13-3)8(2)12-15-11(16-18-12)10-6-14-7-17(10)4/h6-9,13H,5H2,1-4H3. The van der Waals surface area contributed by atoms with Crippen molar-refractivity contribution in [3.8, 4) is 11.5 Å². The van der Waals surface area contributed by atoms with Gasteiger partial charge in [-0.3, -0.25) is 0 Å². The Morgan fingerprint density at radius 1 is 1.50 bits per heavy atom. The van der Waals surface area contributed by atoms with Crippen LogP contribution < -0.4 is 5.32 Å². The van der Waals surface area contributed by atoms with E-state index in [1.54, 1.807) is 12.5 Å². The van der Waals surface area contributed by atoms with Gasteiger partial charge in [0.25, 0.3) is 0 Å². The van der Waals surface area contributed by atoms with Gasteiger partial charge in [-0.1, -0.05) is 19.0 Å². The maximum absolute atomic E-state index is 5.35. The zero-order chi connectivity index (χ0) is 13.1. The van der Waals surface area contributed by atoms with Crippen LogP contribution in [0.3, 0.4) is 0 Å². The van der Waals surface area contributed by atoms with Crippen LogP contribution in [0, 0.1) is 0 Å². The van der Waals surface area contributed by atoms with Crippen molar-refractivity contribution in [1.29, 1.82) is 0 Å². The van der Waals surface area contributed by atoms with E-state index >= 15 is 0 Å². The summed E-state index contributed by atoms with van der Waals surface area (Å²) in [5.41, 5.74) is 0.856. The van der Waals surface area contributed by atoms with E-state index in [1.807, 2.05) is 18.7 Å². The molecule has 0 bridgehead atoms. The summed E-state index contributed by atoms with van der Waals surface area (Å²) in [5.74, 6) is 1.43. The summed E-state index contributed by atoms with van der Waals surface area (Å²) in [7, 11) is 3.85. The molecule has 2 atom stereocenters. The Bertz CT molecular complexity index is 500. The number of aromatic nitrogens is 4. The second-order valence-electron chi connectivity index (χ2n) is 4.44. The Morgan fingerprint density at radius 2 is 2.28 bits per heavy atom. The second-order valence-corrected chi connectivity index (χ2v) is 4.44. The van der Waals surface area contributed by atoms with Gasteiger partial charge >= 0.3 is 0 Å². The molecule has 0 aliphatic carbocycles. The number of rotatable bonds is 5. The third kappa shape index (κ3) is 2.28. The molecule has 2 aromatic rings. The highest BCUT2D eigenvalue weighted by Crippen LogP contribution is 2.22. The number of imidazole rings is 1. The fraction of sp³-hybridized carbons (Fsp3) is 0.583. The first-order valence-corrected chi connectivity index (χ1v) is 6.14. The van der Waals surface area contributed by atoms with E-state index in [1.165, 1.54) is 0 Å². The highest BCUT2D eigenvalue weighted by Gasteiger charge is 2.22. The van der Waals surface area contributed by atoms with E-state index in [2.05, 4.69) is 34.3 Å². The molecule has 18 heavy (non-hydrogen) atoms. The number of nitrogens with one attached hydrogen (secondary N) is 1. The van der Waals surface area contributed by atoms with E-state index in [-0.39, 0.29) is 5.92 Å². The van der Waals surface area contributed by atoms with Crippen LogP contribution in [0.2, 0.25) is 0 Å². The van der Waals surface area contributed by atoms with Crippen LogP contribution >= 0.6 is 0 Å². The normalized spacial score (nSPS) is 14.7. The van der Waals surface area contributed by atoms with Crippen LogP contribution in [-0.4, -0.2) is 32.8 Å². The predicted octanol–water partition coefficient (Wildman–Crippen LogP) is 1.57. The number of hydrogen-bond acceptors (Lipinski definition) is 5. The third-order valence-corrected chi connectivity index (χ3v) is 3.29. The number of aryl methyl sites for hydroxylation is 1. The van der Waals surface area contributed by atoms with Gasteiger partial charge in [-0.15, -0.1) is 0 Å². The van der Waals surface area contributed by atoms with Gasteiger partial charge in [0.15, 0.2) is 0 Å². The average molecular weight is 249 g/mol. The summed E-state index contributed by atoms with van der Waals surface area (Å²) in [6.45, 7) is 4.22. The lowest BCUT2D eigenvalue weighted by molar-refractivity contribution is 0.326. The van der Waals surface area contributed by atoms with Crippen LogP contribution in [0.4, 0.5) is 0 Å². The molecule has 2 heterocycles. The molecule has 2 rings (SSSR count). The first kappa shape index (κ1) is 12.8. The van der Waals surface area contributed by atoms with Crippen LogP contribution in [0.15, 0.2) is 17.0 Å². The van der Waals surface area contributed by atoms with Gasteiger partial charge in [-0.25, -0.2) is 4.98 Å². The van der Waals surface area contributed by atoms with Gasteiger partial charge in [0.1, 0.15) is 5.69 Å². The van der Waals surface area contributed by atoms with Gasteiger partial charge in [0.2, 0.25) is 11.7 Å². The minimum atomic E-state index is 0.189. The molecule has 0 aliphatic rings. The van der Waals surface area contributed by atoms with E-state index in [0.717, 1.165) is 12.1 Å². The molecule has 0 amide bonds. The molecular formula is C12H19N5O. The molecule has 1 N–H and O–H groups in total. The maximum Gasteiger partial charge on any atom is 0.231 e. The third-order valence-electron chi connectivity index (χ3n) is 3.29. The largest absolute Gasteiger partial charge is 0.339 e. The molecule has 0 fully saturated rings. The van der Waals surface area contributed by atoms with Crippen molar-refractivity contribution in [1.82, 2.24) is 25.0 Å². The van der Waals surface area contributed by atoms with Crippen molar-refractivity contribution in [2.24, 2.45) is 7.05 Å². The molecule has 0 aliphatic heterocycles. The van der Waals surface area contributed by atoms with Crippen LogP contribution in [0.25, 0.3) is 11.5 Å². The van der Waals surface area contributed by atoms with E-state index in [4.69, 9.17) is 4.52 Å². The smallest absolute Gasteiger partial charge is 0.231 e. The zero-order valence-corrected chi connectivity index (χ0v) is 11.2. The van der Waals surface area contributed by atoms with Crippen molar-refractivity contribution < 1.29 is 4.52 Å². The lowest BCUT2D eigenvalue weighted by Gasteiger charge is -2.18. The van der Waals surface area contributed by atoms with Gasteiger partial charge in [-0.05, 0) is 13.5 Å². The molecule has 0 saturated carbocycles. The number of likely N-dealkylation sites (N-methyl/N-ethyl adjacent to an activating group) is 1. The summed E-state index contributed by atoms with van der Waals surface area (Å²) in [5, 5.41) is 7.28. The van der Waals surface area contributed by atoms with Gasteiger partial charge in [0.05, 0.1) is 18.4 Å². The Kier molecular flexibility index (Phi) is 3.76. The highest BCUT2D eigenvalue weighted by molar-refractivity contribution is 5.47. The molecule has 6 nitrogen and oxygen atoms in total. The average Bonchev–Trinajstić information content (AvgIpc) is 2.98. The van der Waals surface area contributed by atoms with Crippen LogP contribution in [-0.2, 0) is 7.05 Å². The Labute approximate surface area is 106 Å². The highest BCUT2D eigenvalue weighted by atomic mass is 16.5. The molecule has 98 valence electrons. The zero-order valence-electron chi connectivity index (χ0n) is 11.2. The summed E-state index contributed by atoms with van der Waals surface area (Å²) in [6.07, 6.45) is 4.47. The van der Waals surface area contributed by atoms with E-state index in [9.17, 15) is 0 Å². The summed E-state index contributed by atoms with van der Waals surface area (Å²) >= 11 is 0. The Morgan fingerprint density at radius 3 is 2.83 bits per heavy atom. The minimum Gasteiger partial charge on any atom is -0.339 e. The quantitative estimate of drug-likeness (QED) is 0.871. The number of nitrogens with zero attached hydrogens (tertiary/aromatic N) is 4. The van der Waals surface area contributed by atoms with Crippen LogP contribution in [0.1, 0.15) is 32.1 Å². The molecule has 2 unspecified atom stereocenters. The van der Waals surface area contributed by atoms with Crippen molar-refractivity contribution >= 4 is 0 Å². The van der Waals surface area contributed by atoms with Crippen molar-refractivity contribution in [2.75, 3.05) is 7.05 Å². The predicted molar refractivity (Wildman–Crippen MR) is 68.1 cm³/mol. The molecule has 0 aromatic carbocycles. The lowest BCUT2D eigenvalue weighted by Crippen LogP contribution is -2.30. The monoisotopic (exact) mass is 249 g/mol. The first-order valence-electron chi connectivity index (χ1n) is 6.14. The summed E-state index contributed by atoms with van der Waals surface area (Å²) in [6, 6.07) is 0.338. The first-order chi connectivity index (χ1) is 8.67. The molecule has 6 heteroatoms. The van der Waals surface area contributed by atoms with Crippen molar-refractivity contribution in [3.63, 3.8) is 0 Å². The summed E-state index contributed by atoms with van der Waals surface area (Å²) in [4.78, 5) is 8.50. The Balaban J connectivity index is 2.23. The fourth-order valence-electron chi connectivity index (χ4n) is 2.08. The second kappa shape index (κ2) is 5.30. The maximum atomic E-state index is 5.35. The fourth-order valence-corrected chi connectivity index (χ4v) is 2.08. The SMILES string of the molecule is CCC(NC)C(C)c1nc(-c2cncn2C)no1. The topological polar surface area (TPSA) is 68.8 Å². The van der Waals surface area contributed by atoms with Gasteiger partial charge < -0.3 is 14.4 Å². The lowest BCUT2D eigenvalue weighted by atomic mass is 10.00. The summed E-state index contributed by atoms with van der Waals surface area (Å²) < 4.78 is 7.22. The van der Waals surface area contributed by atoms with E-state index in [0.29, 0.717) is 17.8 Å².